The Bertz CT molecular complexity index is 321. The fourth-order valence-corrected chi connectivity index (χ4v) is 1.13. The van der Waals surface area contributed by atoms with Crippen molar-refractivity contribution in [2.45, 2.75) is 32.0 Å². The number of alkyl halides is 3. The molecule has 0 spiro atoms. The van der Waals surface area contributed by atoms with E-state index >= 15 is 0 Å². The van der Waals surface area contributed by atoms with Crippen molar-refractivity contribution >= 4 is 6.29 Å². The van der Waals surface area contributed by atoms with Gasteiger partial charge in [0.25, 0.3) is 0 Å². The summed E-state index contributed by atoms with van der Waals surface area (Å²) in [4.78, 5) is 9.98. The van der Waals surface area contributed by atoms with Crippen LogP contribution in [-0.2, 0) is 17.5 Å². The predicted octanol–water partition coefficient (Wildman–Crippen LogP) is 1.67. The Morgan fingerprint density at radius 1 is 1.40 bits per heavy atom. The van der Waals surface area contributed by atoms with Crippen LogP contribution in [0.4, 0.5) is 13.2 Å². The molecule has 0 unspecified atom stereocenters. The topological polar surface area (TPSA) is 47.8 Å². The van der Waals surface area contributed by atoms with E-state index in [1.165, 1.54) is 0 Å². The molecule has 0 aliphatic heterocycles. The molecule has 0 fully saturated rings. The first-order valence-electron chi connectivity index (χ1n) is 4.45. The Kier molecular flexibility index (Phi) is 3.81. The molecule has 4 nitrogen and oxygen atoms in total. The van der Waals surface area contributed by atoms with Gasteiger partial charge in [0, 0.05) is 13.0 Å². The average Bonchev–Trinajstić information content (AvgIpc) is 2.59. The first-order valence-corrected chi connectivity index (χ1v) is 4.45. The van der Waals surface area contributed by atoms with Gasteiger partial charge in [-0.25, -0.2) is 4.68 Å². The summed E-state index contributed by atoms with van der Waals surface area (Å²) in [6.07, 6.45) is -1.60. The third kappa shape index (κ3) is 3.34. The summed E-state index contributed by atoms with van der Waals surface area (Å²) in [6, 6.07) is 0. The van der Waals surface area contributed by atoms with Crippen LogP contribution in [-0.4, -0.2) is 21.3 Å². The summed E-state index contributed by atoms with van der Waals surface area (Å²) in [6.45, 7) is 0.128. The third-order valence-electron chi connectivity index (χ3n) is 1.85. The van der Waals surface area contributed by atoms with Gasteiger partial charge >= 0.3 is 6.18 Å². The van der Waals surface area contributed by atoms with Gasteiger partial charge in [0.05, 0.1) is 6.20 Å². The van der Waals surface area contributed by atoms with Crippen LogP contribution < -0.4 is 0 Å². The minimum absolute atomic E-state index is 0.128. The van der Waals surface area contributed by atoms with Crippen LogP contribution in [0.2, 0.25) is 0 Å². The van der Waals surface area contributed by atoms with E-state index in [2.05, 4.69) is 10.3 Å². The number of aldehydes is 1. The summed E-state index contributed by atoms with van der Waals surface area (Å²) < 4.78 is 37.7. The largest absolute Gasteiger partial charge is 0.434 e. The van der Waals surface area contributed by atoms with Crippen LogP contribution in [0.15, 0.2) is 6.20 Å². The zero-order chi connectivity index (χ0) is 11.3. The maximum atomic E-state index is 12.3. The number of halogens is 3. The molecule has 1 heterocycles. The van der Waals surface area contributed by atoms with Gasteiger partial charge in [0.1, 0.15) is 6.29 Å². The Labute approximate surface area is 84.1 Å². The Balaban J connectivity index is 2.54. The summed E-state index contributed by atoms with van der Waals surface area (Å²) in [5.74, 6) is 0. The lowest BCUT2D eigenvalue weighted by molar-refractivity contribution is -0.144. The zero-order valence-electron chi connectivity index (χ0n) is 7.87. The maximum absolute atomic E-state index is 12.3. The van der Waals surface area contributed by atoms with Crippen LogP contribution in [0.5, 0.6) is 0 Å². The SMILES string of the molecule is O=CCCCCn1nncc1C(F)(F)F. The van der Waals surface area contributed by atoms with Gasteiger partial charge in [-0.05, 0) is 12.8 Å². The molecular weight excluding hydrogens is 211 g/mol. The van der Waals surface area contributed by atoms with Gasteiger partial charge in [-0.1, -0.05) is 5.21 Å². The first kappa shape index (κ1) is 11.7. The maximum Gasteiger partial charge on any atom is 0.434 e. The predicted molar refractivity (Wildman–Crippen MR) is 44.9 cm³/mol. The average molecular weight is 221 g/mol. The van der Waals surface area contributed by atoms with E-state index in [4.69, 9.17) is 0 Å². The molecule has 0 atom stereocenters. The van der Waals surface area contributed by atoms with Crippen molar-refractivity contribution in [3.63, 3.8) is 0 Å². The number of nitrogens with zero attached hydrogens (tertiary/aromatic N) is 3. The molecule has 0 radical (unpaired) electrons. The summed E-state index contributed by atoms with van der Waals surface area (Å²) in [5, 5.41) is 6.55. The molecule has 1 aromatic heterocycles. The van der Waals surface area contributed by atoms with Crippen molar-refractivity contribution in [1.29, 1.82) is 0 Å². The van der Waals surface area contributed by atoms with Crippen molar-refractivity contribution < 1.29 is 18.0 Å². The molecule has 0 amide bonds. The molecular formula is C8H10F3N3O. The molecule has 15 heavy (non-hydrogen) atoms. The highest BCUT2D eigenvalue weighted by molar-refractivity contribution is 5.48. The number of unbranched alkanes of at least 4 members (excludes halogenated alkanes) is 2. The van der Waals surface area contributed by atoms with Gasteiger partial charge in [-0.15, -0.1) is 5.10 Å². The standard InChI is InChI=1S/C8H10F3N3O/c9-8(10,11)7-6-12-13-14(7)4-2-1-3-5-15/h5-6H,1-4H2. The number of carbonyl (C=O) groups is 1. The molecule has 84 valence electrons. The van der Waals surface area contributed by atoms with E-state index in [0.717, 1.165) is 11.0 Å². The van der Waals surface area contributed by atoms with Gasteiger partial charge in [-0.3, -0.25) is 0 Å². The van der Waals surface area contributed by atoms with E-state index in [0.29, 0.717) is 25.5 Å². The number of carbonyl (C=O) groups excluding carboxylic acids is 1. The van der Waals surface area contributed by atoms with Crippen LogP contribution in [0.25, 0.3) is 0 Å². The fraction of sp³-hybridized carbons (Fsp3) is 0.625. The molecule has 0 aromatic carbocycles. The van der Waals surface area contributed by atoms with Crippen molar-refractivity contribution in [3.8, 4) is 0 Å². The van der Waals surface area contributed by atoms with Crippen LogP contribution in [0.3, 0.4) is 0 Å². The molecule has 0 N–H and O–H groups in total. The molecule has 1 aromatic rings. The van der Waals surface area contributed by atoms with Crippen LogP contribution in [0, 0.1) is 0 Å². The first-order chi connectivity index (χ1) is 7.05. The van der Waals surface area contributed by atoms with E-state index in [1.807, 2.05) is 0 Å². The number of hydrogen-bond donors (Lipinski definition) is 0. The molecule has 0 aliphatic rings. The van der Waals surface area contributed by atoms with Crippen molar-refractivity contribution in [3.05, 3.63) is 11.9 Å². The highest BCUT2D eigenvalue weighted by Gasteiger charge is 2.35. The van der Waals surface area contributed by atoms with E-state index < -0.39 is 11.9 Å². The lowest BCUT2D eigenvalue weighted by Crippen LogP contribution is -2.14. The molecule has 1 rings (SSSR count). The quantitative estimate of drug-likeness (QED) is 0.561. The highest BCUT2D eigenvalue weighted by Crippen LogP contribution is 2.28. The Morgan fingerprint density at radius 2 is 2.13 bits per heavy atom. The second-order valence-corrected chi connectivity index (χ2v) is 3.00. The second-order valence-electron chi connectivity index (χ2n) is 3.00. The lowest BCUT2D eigenvalue weighted by Gasteiger charge is -2.07. The minimum Gasteiger partial charge on any atom is -0.303 e. The fourth-order valence-electron chi connectivity index (χ4n) is 1.13. The summed E-state index contributed by atoms with van der Waals surface area (Å²) in [5.41, 5.74) is -0.853. The van der Waals surface area contributed by atoms with E-state index in [1.54, 1.807) is 0 Å². The van der Waals surface area contributed by atoms with E-state index in [9.17, 15) is 18.0 Å². The Hall–Kier alpha value is -1.40. The second kappa shape index (κ2) is 4.90. The molecule has 0 aliphatic carbocycles. The van der Waals surface area contributed by atoms with Gasteiger partial charge in [0.2, 0.25) is 0 Å². The van der Waals surface area contributed by atoms with Gasteiger partial charge in [-0.2, -0.15) is 13.2 Å². The normalized spacial score (nSPS) is 11.7. The lowest BCUT2D eigenvalue weighted by atomic mass is 10.2. The van der Waals surface area contributed by atoms with Crippen molar-refractivity contribution in [1.82, 2.24) is 15.0 Å². The van der Waals surface area contributed by atoms with Crippen LogP contribution in [0.1, 0.15) is 25.0 Å². The smallest absolute Gasteiger partial charge is 0.303 e. The van der Waals surface area contributed by atoms with Gasteiger partial charge < -0.3 is 4.79 Å². The van der Waals surface area contributed by atoms with E-state index in [-0.39, 0.29) is 6.54 Å². The molecule has 0 saturated carbocycles. The number of aryl methyl sites for hydroxylation is 1. The van der Waals surface area contributed by atoms with Crippen molar-refractivity contribution in [2.24, 2.45) is 0 Å². The van der Waals surface area contributed by atoms with Crippen molar-refractivity contribution in [2.75, 3.05) is 0 Å². The Morgan fingerprint density at radius 3 is 2.73 bits per heavy atom. The monoisotopic (exact) mass is 221 g/mol. The zero-order valence-corrected chi connectivity index (χ0v) is 7.87. The summed E-state index contributed by atoms with van der Waals surface area (Å²) in [7, 11) is 0. The van der Waals surface area contributed by atoms with Crippen LogP contribution >= 0.6 is 0 Å². The summed E-state index contributed by atoms with van der Waals surface area (Å²) >= 11 is 0. The number of aromatic nitrogens is 3. The third-order valence-corrected chi connectivity index (χ3v) is 1.85. The molecule has 0 saturated heterocycles. The molecule has 7 heteroatoms. The van der Waals surface area contributed by atoms with Gasteiger partial charge in [0.15, 0.2) is 5.69 Å². The minimum atomic E-state index is -4.42. The highest BCUT2D eigenvalue weighted by atomic mass is 19.4. The number of rotatable bonds is 5. The number of hydrogen-bond acceptors (Lipinski definition) is 3. The molecule has 0 bridgehead atoms.